The number of hydrogen-bond acceptors (Lipinski definition) is 5. The number of amidine groups is 1. The number of carbonyl (C=O) groups excluding carboxylic acids is 3. The first-order valence-electron chi connectivity index (χ1n) is 15.7. The van der Waals surface area contributed by atoms with Crippen LogP contribution in [0.4, 0.5) is 0 Å². The van der Waals surface area contributed by atoms with Gasteiger partial charge in [0.25, 0.3) is 11.8 Å². The van der Waals surface area contributed by atoms with Crippen molar-refractivity contribution in [3.63, 3.8) is 0 Å². The molecule has 0 radical (unpaired) electrons. The van der Waals surface area contributed by atoms with Gasteiger partial charge in [0.15, 0.2) is 5.17 Å². The van der Waals surface area contributed by atoms with Crippen LogP contribution in [0.25, 0.3) is 6.08 Å². The highest BCUT2D eigenvalue weighted by molar-refractivity contribution is 14.1. The molecule has 7 nitrogen and oxygen atoms in total. The van der Waals surface area contributed by atoms with Crippen LogP contribution in [0.2, 0.25) is 0 Å². The van der Waals surface area contributed by atoms with Crippen molar-refractivity contribution >= 4 is 95.2 Å². The van der Waals surface area contributed by atoms with Gasteiger partial charge in [-0.2, -0.15) is 4.99 Å². The smallest absolute Gasteiger partial charge is 0.285 e. The van der Waals surface area contributed by atoms with E-state index in [1.807, 2.05) is 91.0 Å². The standard InChI is InChI=1S/C40H32Br2IN3O4S/c1-3-5-16-31(4-2)46-39(49)32(21-27-22-33(42)37(34(43)23-27)50-24-26-17-19-30(41)20-18-26)38(48)45-40(46)51-25-35(47)44-36(28-12-8-6-9-13-28)29-14-10-7-11-15-29/h3-23,36H,1,24-25H2,2H3,(H,44,47)/b16-5-,31-4+,32-21+. The molecule has 0 aliphatic carbocycles. The third-order valence-corrected chi connectivity index (χ3v) is 10.4. The molecule has 4 aromatic carbocycles. The van der Waals surface area contributed by atoms with Crippen LogP contribution in [0, 0.1) is 3.57 Å². The molecule has 5 rings (SSSR count). The Balaban J connectivity index is 1.39. The molecule has 1 aliphatic heterocycles. The number of rotatable bonds is 12. The molecule has 1 aliphatic rings. The van der Waals surface area contributed by atoms with Crippen LogP contribution in [-0.2, 0) is 21.0 Å². The van der Waals surface area contributed by atoms with Crippen molar-refractivity contribution in [2.45, 2.75) is 19.6 Å². The average Bonchev–Trinajstić information content (AvgIpc) is 3.13. The van der Waals surface area contributed by atoms with Crippen molar-refractivity contribution in [3.05, 3.63) is 174 Å². The number of carbonyl (C=O) groups is 3. The second-order valence-electron chi connectivity index (χ2n) is 11.0. The summed E-state index contributed by atoms with van der Waals surface area (Å²) in [5.41, 5.74) is 3.83. The quantitative estimate of drug-likeness (QED) is 0.0662. The lowest BCUT2D eigenvalue weighted by atomic mass is 9.99. The lowest BCUT2D eigenvalue weighted by molar-refractivity contribution is -0.126. The minimum absolute atomic E-state index is 0.0832. The van der Waals surface area contributed by atoms with Crippen molar-refractivity contribution in [1.29, 1.82) is 0 Å². The van der Waals surface area contributed by atoms with Gasteiger partial charge in [-0.15, -0.1) is 0 Å². The molecule has 0 bridgehead atoms. The van der Waals surface area contributed by atoms with Crippen molar-refractivity contribution in [2.24, 2.45) is 4.99 Å². The van der Waals surface area contributed by atoms with E-state index in [9.17, 15) is 14.4 Å². The third kappa shape index (κ3) is 10.1. The monoisotopic (exact) mass is 935 g/mol. The molecule has 0 saturated heterocycles. The summed E-state index contributed by atoms with van der Waals surface area (Å²) in [6.07, 6.45) is 8.24. The third-order valence-electron chi connectivity index (χ3n) is 7.54. The Labute approximate surface area is 332 Å². The summed E-state index contributed by atoms with van der Waals surface area (Å²) in [4.78, 5) is 46.7. The molecular weight excluding hydrogens is 905 g/mol. The largest absolute Gasteiger partial charge is 0.487 e. The van der Waals surface area contributed by atoms with Crippen LogP contribution in [0.1, 0.15) is 35.2 Å². The summed E-state index contributed by atoms with van der Waals surface area (Å²) < 4.78 is 8.55. The number of hydrogen-bond donors (Lipinski definition) is 1. The highest BCUT2D eigenvalue weighted by atomic mass is 127. The Bertz CT molecular complexity index is 1990. The van der Waals surface area contributed by atoms with Gasteiger partial charge >= 0.3 is 0 Å². The number of allylic oxidation sites excluding steroid dienone is 4. The predicted molar refractivity (Wildman–Crippen MR) is 221 cm³/mol. The summed E-state index contributed by atoms with van der Waals surface area (Å²) in [6.45, 7) is 5.88. The van der Waals surface area contributed by atoms with E-state index >= 15 is 0 Å². The molecule has 4 aromatic rings. The molecule has 0 atom stereocenters. The number of ether oxygens (including phenoxy) is 1. The topological polar surface area (TPSA) is 88.1 Å². The number of benzene rings is 4. The maximum Gasteiger partial charge on any atom is 0.285 e. The van der Waals surface area contributed by atoms with Crippen molar-refractivity contribution in [1.82, 2.24) is 10.2 Å². The van der Waals surface area contributed by atoms with Gasteiger partial charge in [-0.05, 0) is 104 Å². The number of nitrogens with zero attached hydrogens (tertiary/aromatic N) is 2. The van der Waals surface area contributed by atoms with Gasteiger partial charge < -0.3 is 10.1 Å². The summed E-state index contributed by atoms with van der Waals surface area (Å²) >= 11 is 10.2. The summed E-state index contributed by atoms with van der Waals surface area (Å²) in [5, 5.41) is 3.21. The number of halogens is 3. The maximum absolute atomic E-state index is 14.1. The fourth-order valence-electron chi connectivity index (χ4n) is 5.10. The molecule has 0 unspecified atom stereocenters. The van der Waals surface area contributed by atoms with Gasteiger partial charge in [0.2, 0.25) is 5.91 Å². The summed E-state index contributed by atoms with van der Waals surface area (Å²) in [6, 6.07) is 30.5. The van der Waals surface area contributed by atoms with Crippen LogP contribution < -0.4 is 10.1 Å². The number of amides is 3. The lowest BCUT2D eigenvalue weighted by Crippen LogP contribution is -2.42. The molecule has 1 heterocycles. The Morgan fingerprint density at radius 1 is 1.00 bits per heavy atom. The van der Waals surface area contributed by atoms with E-state index in [0.717, 1.165) is 36.5 Å². The van der Waals surface area contributed by atoms with Gasteiger partial charge in [-0.3, -0.25) is 19.3 Å². The Morgan fingerprint density at radius 3 is 2.24 bits per heavy atom. The molecule has 1 N–H and O–H groups in total. The zero-order chi connectivity index (χ0) is 36.3. The molecule has 0 spiro atoms. The number of nitrogens with one attached hydrogen (secondary N) is 1. The first-order chi connectivity index (χ1) is 24.7. The van der Waals surface area contributed by atoms with E-state index in [1.54, 1.807) is 37.3 Å². The molecule has 3 amide bonds. The number of thioether (sulfide) groups is 1. The highest BCUT2D eigenvalue weighted by Gasteiger charge is 2.35. The molecule has 0 fully saturated rings. The Morgan fingerprint density at radius 2 is 1.65 bits per heavy atom. The van der Waals surface area contributed by atoms with Crippen molar-refractivity contribution in [3.8, 4) is 5.75 Å². The zero-order valence-corrected chi connectivity index (χ0v) is 33.5. The molecule has 258 valence electrons. The fourth-order valence-corrected chi connectivity index (χ4v) is 7.94. The Kier molecular flexibility index (Phi) is 13.8. The maximum atomic E-state index is 14.1. The minimum atomic E-state index is -0.699. The molecule has 0 aromatic heterocycles. The summed E-state index contributed by atoms with van der Waals surface area (Å²) in [5.74, 6) is -0.985. The van der Waals surface area contributed by atoms with E-state index in [0.29, 0.717) is 28.1 Å². The molecular formula is C40H32Br2IN3O4S. The van der Waals surface area contributed by atoms with Crippen LogP contribution in [0.5, 0.6) is 5.75 Å². The van der Waals surface area contributed by atoms with Crippen LogP contribution in [0.3, 0.4) is 0 Å². The van der Waals surface area contributed by atoms with Gasteiger partial charge in [0.05, 0.1) is 19.8 Å². The fraction of sp³-hybridized carbons (Fsp3) is 0.100. The van der Waals surface area contributed by atoms with Gasteiger partial charge in [0.1, 0.15) is 17.9 Å². The van der Waals surface area contributed by atoms with E-state index < -0.39 is 11.8 Å². The van der Waals surface area contributed by atoms with E-state index in [2.05, 4.69) is 71.3 Å². The highest BCUT2D eigenvalue weighted by Crippen LogP contribution is 2.34. The molecule has 0 saturated carbocycles. The zero-order valence-electron chi connectivity index (χ0n) is 27.4. The molecule has 51 heavy (non-hydrogen) atoms. The first kappa shape index (κ1) is 38.2. The average molecular weight is 937 g/mol. The summed E-state index contributed by atoms with van der Waals surface area (Å²) in [7, 11) is 0. The van der Waals surface area contributed by atoms with Crippen molar-refractivity contribution < 1.29 is 19.1 Å². The SMILES string of the molecule is C=C/C=C\C(=C/C)N1C(=O)/C(=C/c2cc(Br)c(OCc3ccc(Br)cc3)c(I)c2)C(=O)N=C1SCC(=O)NC(c1ccccc1)c1ccccc1. The van der Waals surface area contributed by atoms with Crippen LogP contribution >= 0.6 is 66.2 Å². The van der Waals surface area contributed by atoms with Gasteiger partial charge in [-0.25, -0.2) is 0 Å². The first-order valence-corrected chi connectivity index (χ1v) is 19.4. The van der Waals surface area contributed by atoms with E-state index in [-0.39, 0.29) is 28.4 Å². The van der Waals surface area contributed by atoms with Gasteiger partial charge in [-0.1, -0.05) is 125 Å². The van der Waals surface area contributed by atoms with E-state index in [1.165, 1.54) is 11.0 Å². The van der Waals surface area contributed by atoms with Crippen LogP contribution in [-0.4, -0.2) is 33.5 Å². The predicted octanol–water partition coefficient (Wildman–Crippen LogP) is 9.79. The second kappa shape index (κ2) is 18.5. The number of aliphatic imine (C=N–C) groups is 1. The molecule has 11 heteroatoms. The van der Waals surface area contributed by atoms with Gasteiger partial charge in [0, 0.05) is 10.2 Å². The minimum Gasteiger partial charge on any atom is -0.487 e. The second-order valence-corrected chi connectivity index (χ2v) is 14.9. The van der Waals surface area contributed by atoms with Crippen LogP contribution in [0.15, 0.2) is 153 Å². The normalized spacial score (nSPS) is 14.3. The Hall–Kier alpha value is -4.04. The lowest BCUT2D eigenvalue weighted by Gasteiger charge is -2.28. The van der Waals surface area contributed by atoms with Crippen molar-refractivity contribution in [2.75, 3.05) is 5.75 Å². The van der Waals surface area contributed by atoms with E-state index in [4.69, 9.17) is 4.74 Å².